The van der Waals surface area contributed by atoms with Crippen molar-refractivity contribution in [3.8, 4) is 0 Å². The average Bonchev–Trinajstić information content (AvgIpc) is 2.40. The zero-order valence-electron chi connectivity index (χ0n) is 12.6. The largest absolute Gasteiger partial charge is 0.353 e. The van der Waals surface area contributed by atoms with Gasteiger partial charge < -0.3 is 10.6 Å². The van der Waals surface area contributed by atoms with Gasteiger partial charge in [-0.1, -0.05) is 39.5 Å². The summed E-state index contributed by atoms with van der Waals surface area (Å²) in [6.45, 7) is 5.26. The fraction of sp³-hybridized carbons (Fsp3) is 0.938. The molecule has 0 radical (unpaired) electrons. The molecule has 0 aromatic rings. The Morgan fingerprint density at radius 3 is 2.79 bits per heavy atom. The second kappa shape index (κ2) is 6.74. The lowest BCUT2D eigenvalue weighted by Gasteiger charge is -2.45. The van der Waals surface area contributed by atoms with Crippen molar-refractivity contribution in [3.05, 3.63) is 0 Å². The standard InChI is InChI=1S/C16H30N2O/c1-3-7-13(2)15(19)18-14-8-11-17-16(12-14)9-5-4-6-10-16/h13-14,17H,3-12H2,1-2H3,(H,18,19). The molecule has 1 amide bonds. The maximum Gasteiger partial charge on any atom is 0.223 e. The molecule has 3 nitrogen and oxygen atoms in total. The Morgan fingerprint density at radius 1 is 1.37 bits per heavy atom. The molecule has 1 saturated carbocycles. The molecule has 0 aromatic heterocycles. The van der Waals surface area contributed by atoms with Gasteiger partial charge in [-0.25, -0.2) is 0 Å². The smallest absolute Gasteiger partial charge is 0.223 e. The van der Waals surface area contributed by atoms with E-state index in [1.807, 2.05) is 0 Å². The number of nitrogens with one attached hydrogen (secondary N) is 2. The SMILES string of the molecule is CCCC(C)C(=O)NC1CCNC2(CCCCC2)C1. The lowest BCUT2D eigenvalue weighted by molar-refractivity contribution is -0.125. The second-order valence-electron chi connectivity index (χ2n) is 6.66. The summed E-state index contributed by atoms with van der Waals surface area (Å²) in [5, 5.41) is 7.04. The molecule has 1 aliphatic heterocycles. The lowest BCUT2D eigenvalue weighted by Crippen LogP contribution is -2.57. The highest BCUT2D eigenvalue weighted by Gasteiger charge is 2.37. The molecule has 2 aliphatic rings. The Balaban J connectivity index is 1.85. The third kappa shape index (κ3) is 3.95. The topological polar surface area (TPSA) is 41.1 Å². The Bertz CT molecular complexity index is 292. The van der Waals surface area contributed by atoms with Crippen LogP contribution in [0.25, 0.3) is 0 Å². The normalized spacial score (nSPS) is 28.0. The molecule has 1 aliphatic carbocycles. The van der Waals surface area contributed by atoms with Gasteiger partial charge in [0, 0.05) is 17.5 Å². The number of carbonyl (C=O) groups excluding carboxylic acids is 1. The van der Waals surface area contributed by atoms with Crippen LogP contribution in [0.5, 0.6) is 0 Å². The fourth-order valence-electron chi connectivity index (χ4n) is 3.80. The van der Waals surface area contributed by atoms with Gasteiger partial charge in [0.1, 0.15) is 0 Å². The van der Waals surface area contributed by atoms with Crippen LogP contribution in [0.15, 0.2) is 0 Å². The summed E-state index contributed by atoms with van der Waals surface area (Å²) in [5.74, 6) is 0.432. The average molecular weight is 266 g/mol. The highest BCUT2D eigenvalue weighted by Crippen LogP contribution is 2.34. The number of rotatable bonds is 4. The summed E-state index contributed by atoms with van der Waals surface area (Å²) in [4.78, 5) is 12.1. The van der Waals surface area contributed by atoms with Crippen molar-refractivity contribution >= 4 is 5.91 Å². The summed E-state index contributed by atoms with van der Waals surface area (Å²) in [7, 11) is 0. The summed E-state index contributed by atoms with van der Waals surface area (Å²) in [6, 6.07) is 0.395. The van der Waals surface area contributed by atoms with Crippen LogP contribution >= 0.6 is 0 Å². The zero-order valence-corrected chi connectivity index (χ0v) is 12.6. The van der Waals surface area contributed by atoms with E-state index < -0.39 is 0 Å². The Kier molecular flexibility index (Phi) is 5.26. The minimum Gasteiger partial charge on any atom is -0.353 e. The van der Waals surface area contributed by atoms with Crippen molar-refractivity contribution in [1.82, 2.24) is 10.6 Å². The lowest BCUT2D eigenvalue weighted by atomic mass is 9.75. The minimum absolute atomic E-state index is 0.169. The molecule has 2 atom stereocenters. The highest BCUT2D eigenvalue weighted by atomic mass is 16.1. The van der Waals surface area contributed by atoms with Crippen molar-refractivity contribution in [2.45, 2.75) is 83.2 Å². The van der Waals surface area contributed by atoms with E-state index in [4.69, 9.17) is 0 Å². The second-order valence-corrected chi connectivity index (χ2v) is 6.66. The van der Waals surface area contributed by atoms with Crippen LogP contribution in [0.4, 0.5) is 0 Å². The Hall–Kier alpha value is -0.570. The molecule has 1 spiro atoms. The number of hydrogen-bond donors (Lipinski definition) is 2. The number of hydrogen-bond acceptors (Lipinski definition) is 2. The van der Waals surface area contributed by atoms with Gasteiger partial charge in [0.05, 0.1) is 0 Å². The van der Waals surface area contributed by atoms with E-state index in [1.54, 1.807) is 0 Å². The van der Waals surface area contributed by atoms with Crippen LogP contribution < -0.4 is 10.6 Å². The van der Waals surface area contributed by atoms with Crippen molar-refractivity contribution in [2.75, 3.05) is 6.54 Å². The van der Waals surface area contributed by atoms with Crippen LogP contribution in [0.1, 0.15) is 71.6 Å². The Morgan fingerprint density at radius 2 is 2.11 bits per heavy atom. The first kappa shape index (κ1) is 14.8. The first-order valence-corrected chi connectivity index (χ1v) is 8.20. The van der Waals surface area contributed by atoms with Gasteiger partial charge in [0.2, 0.25) is 5.91 Å². The van der Waals surface area contributed by atoms with Gasteiger partial charge in [-0.2, -0.15) is 0 Å². The first-order valence-electron chi connectivity index (χ1n) is 8.20. The van der Waals surface area contributed by atoms with Crippen molar-refractivity contribution in [2.24, 2.45) is 5.92 Å². The van der Waals surface area contributed by atoms with E-state index in [0.717, 1.165) is 32.2 Å². The molecule has 3 heteroatoms. The summed E-state index contributed by atoms with van der Waals surface area (Å²) >= 11 is 0. The predicted octanol–water partition coefficient (Wildman–Crippen LogP) is 2.99. The van der Waals surface area contributed by atoms with Gasteiger partial charge >= 0.3 is 0 Å². The van der Waals surface area contributed by atoms with Crippen LogP contribution in [0.2, 0.25) is 0 Å². The molecule has 2 N–H and O–H groups in total. The number of carbonyl (C=O) groups is 1. The third-order valence-electron chi connectivity index (χ3n) is 4.96. The molecule has 0 bridgehead atoms. The number of piperidine rings is 1. The monoisotopic (exact) mass is 266 g/mol. The van der Waals surface area contributed by atoms with Crippen molar-refractivity contribution < 1.29 is 4.79 Å². The van der Waals surface area contributed by atoms with Crippen LogP contribution in [-0.4, -0.2) is 24.0 Å². The molecule has 2 unspecified atom stereocenters. The van der Waals surface area contributed by atoms with E-state index >= 15 is 0 Å². The van der Waals surface area contributed by atoms with E-state index in [0.29, 0.717) is 11.6 Å². The molecular weight excluding hydrogens is 236 g/mol. The van der Waals surface area contributed by atoms with Gasteiger partial charge in [-0.15, -0.1) is 0 Å². The third-order valence-corrected chi connectivity index (χ3v) is 4.96. The zero-order chi connectivity index (χ0) is 13.7. The Labute approximate surface area is 117 Å². The van der Waals surface area contributed by atoms with Crippen molar-refractivity contribution in [3.63, 3.8) is 0 Å². The minimum atomic E-state index is 0.169. The van der Waals surface area contributed by atoms with Gasteiger partial charge in [0.25, 0.3) is 0 Å². The van der Waals surface area contributed by atoms with Crippen molar-refractivity contribution in [1.29, 1.82) is 0 Å². The van der Waals surface area contributed by atoms with Gasteiger partial charge in [-0.3, -0.25) is 4.79 Å². The predicted molar refractivity (Wildman–Crippen MR) is 79.1 cm³/mol. The molecular formula is C16H30N2O. The molecule has 110 valence electrons. The summed E-state index contributed by atoms with van der Waals surface area (Å²) < 4.78 is 0. The molecule has 2 fully saturated rings. The van der Waals surface area contributed by atoms with E-state index in [-0.39, 0.29) is 11.8 Å². The van der Waals surface area contributed by atoms with Gasteiger partial charge in [0.15, 0.2) is 0 Å². The molecule has 1 heterocycles. The molecule has 0 aromatic carbocycles. The van der Waals surface area contributed by atoms with Crippen LogP contribution in [-0.2, 0) is 4.79 Å². The van der Waals surface area contributed by atoms with E-state index in [9.17, 15) is 4.79 Å². The maximum absolute atomic E-state index is 12.1. The van der Waals surface area contributed by atoms with E-state index in [1.165, 1.54) is 32.1 Å². The summed E-state index contributed by atoms with van der Waals surface area (Å²) in [5.41, 5.74) is 0.336. The molecule has 1 saturated heterocycles. The quantitative estimate of drug-likeness (QED) is 0.821. The van der Waals surface area contributed by atoms with E-state index in [2.05, 4.69) is 24.5 Å². The first-order chi connectivity index (χ1) is 9.15. The highest BCUT2D eigenvalue weighted by molar-refractivity contribution is 5.78. The fourth-order valence-corrected chi connectivity index (χ4v) is 3.80. The maximum atomic E-state index is 12.1. The van der Waals surface area contributed by atoms with Crippen LogP contribution in [0.3, 0.4) is 0 Å². The molecule has 19 heavy (non-hydrogen) atoms. The van der Waals surface area contributed by atoms with Gasteiger partial charge in [-0.05, 0) is 38.6 Å². The molecule has 2 rings (SSSR count). The van der Waals surface area contributed by atoms with Crippen LogP contribution in [0, 0.1) is 5.92 Å². The number of amides is 1. The summed E-state index contributed by atoms with van der Waals surface area (Å²) in [6.07, 6.45) is 11.0.